The van der Waals surface area contributed by atoms with Crippen LogP contribution in [0.25, 0.3) is 10.1 Å². The van der Waals surface area contributed by atoms with Crippen molar-refractivity contribution in [1.29, 1.82) is 0 Å². The van der Waals surface area contributed by atoms with E-state index in [2.05, 4.69) is 31.7 Å². The number of benzene rings is 2. The second-order valence-electron chi connectivity index (χ2n) is 7.00. The number of sulfonamides is 1. The molecule has 0 radical (unpaired) electrons. The van der Waals surface area contributed by atoms with Gasteiger partial charge in [0.25, 0.3) is 0 Å². The number of halogens is 2. The fourth-order valence-electron chi connectivity index (χ4n) is 3.39. The quantitative estimate of drug-likeness (QED) is 0.446. The van der Waals surface area contributed by atoms with Crippen molar-refractivity contribution < 1.29 is 17.9 Å². The van der Waals surface area contributed by atoms with Gasteiger partial charge in [-0.1, -0.05) is 6.07 Å². The van der Waals surface area contributed by atoms with Gasteiger partial charge in [-0.25, -0.2) is 12.8 Å². The Kier molecular flexibility index (Phi) is 5.36. The zero-order chi connectivity index (χ0) is 19.9. The average Bonchev–Trinajstić information content (AvgIpc) is 3.28. The molecule has 28 heavy (non-hydrogen) atoms. The van der Waals surface area contributed by atoms with Gasteiger partial charge in [0.1, 0.15) is 5.82 Å². The smallest absolute Gasteiger partial charge is 0.238 e. The van der Waals surface area contributed by atoms with E-state index in [9.17, 15) is 17.9 Å². The lowest BCUT2D eigenvalue weighted by Crippen LogP contribution is -2.31. The van der Waals surface area contributed by atoms with Crippen molar-refractivity contribution in [2.75, 3.05) is 11.3 Å². The summed E-state index contributed by atoms with van der Waals surface area (Å²) in [7, 11) is -3.67. The van der Waals surface area contributed by atoms with Gasteiger partial charge in [-0.15, -0.1) is 0 Å². The predicted octanol–water partition coefficient (Wildman–Crippen LogP) is 4.29. The van der Waals surface area contributed by atoms with Crippen LogP contribution in [0.2, 0.25) is 0 Å². The number of rotatable bonds is 7. The zero-order valence-corrected chi connectivity index (χ0v) is 18.6. The topological polar surface area (TPSA) is 79.3 Å². The standard InChI is InChI=1S/C19H18FIN2O3S2/c20-16-10-13(21)2-1-12(16)9-14-15-11-22-27-18(15)4-3-17(14)23-28(25,26)19(5-6-19)7-8-24/h1-4,10-11,23-24H,5-9H2. The molecule has 5 nitrogen and oxygen atoms in total. The first-order chi connectivity index (χ1) is 13.4. The van der Waals surface area contributed by atoms with Crippen LogP contribution in [-0.4, -0.2) is 29.3 Å². The Morgan fingerprint density at radius 3 is 2.75 bits per heavy atom. The van der Waals surface area contributed by atoms with Crippen molar-refractivity contribution in [2.24, 2.45) is 0 Å². The Labute approximate surface area is 180 Å². The molecule has 1 saturated carbocycles. The maximum atomic E-state index is 14.4. The molecule has 0 unspecified atom stereocenters. The van der Waals surface area contributed by atoms with Gasteiger partial charge < -0.3 is 5.11 Å². The highest BCUT2D eigenvalue weighted by Gasteiger charge is 2.54. The largest absolute Gasteiger partial charge is 0.396 e. The van der Waals surface area contributed by atoms with E-state index in [1.807, 2.05) is 12.1 Å². The number of nitrogens with zero attached hydrogens (tertiary/aromatic N) is 1. The van der Waals surface area contributed by atoms with Gasteiger partial charge in [-0.2, -0.15) is 4.37 Å². The zero-order valence-electron chi connectivity index (χ0n) is 14.8. The van der Waals surface area contributed by atoms with E-state index in [-0.39, 0.29) is 25.3 Å². The summed E-state index contributed by atoms with van der Waals surface area (Å²) >= 11 is 3.37. The summed E-state index contributed by atoms with van der Waals surface area (Å²) in [5, 5.41) is 10.1. The summed E-state index contributed by atoms with van der Waals surface area (Å²) in [6.07, 6.45) is 3.23. The third-order valence-electron chi connectivity index (χ3n) is 5.22. The Morgan fingerprint density at radius 2 is 2.07 bits per heavy atom. The molecule has 1 aliphatic rings. The van der Waals surface area contributed by atoms with Gasteiger partial charge in [0, 0.05) is 28.2 Å². The molecular formula is C19H18FIN2O3S2. The maximum Gasteiger partial charge on any atom is 0.238 e. The van der Waals surface area contributed by atoms with Crippen molar-refractivity contribution >= 4 is 59.9 Å². The number of nitrogens with one attached hydrogen (secondary N) is 1. The Hall–Kier alpha value is -1.30. The van der Waals surface area contributed by atoms with Crippen LogP contribution in [0.4, 0.5) is 10.1 Å². The summed E-state index contributed by atoms with van der Waals surface area (Å²) in [6.45, 7) is -0.172. The first kappa shape index (κ1) is 20.0. The van der Waals surface area contributed by atoms with Crippen LogP contribution in [0, 0.1) is 9.39 Å². The van der Waals surface area contributed by atoms with Gasteiger partial charge in [0.15, 0.2) is 0 Å². The highest BCUT2D eigenvalue weighted by atomic mass is 127. The van der Waals surface area contributed by atoms with E-state index in [1.165, 1.54) is 17.6 Å². The fraction of sp³-hybridized carbons (Fsp3) is 0.316. The Bertz CT molecular complexity index is 1140. The van der Waals surface area contributed by atoms with Gasteiger partial charge >= 0.3 is 0 Å². The predicted molar refractivity (Wildman–Crippen MR) is 118 cm³/mol. The lowest BCUT2D eigenvalue weighted by molar-refractivity contribution is 0.283. The van der Waals surface area contributed by atoms with Gasteiger partial charge in [0.05, 0.1) is 15.1 Å². The van der Waals surface area contributed by atoms with Crippen molar-refractivity contribution in [1.82, 2.24) is 4.37 Å². The SMILES string of the molecule is O=S(=O)(Nc1ccc2sncc2c1Cc1ccc(I)cc1F)C1(CCO)CC1. The van der Waals surface area contributed by atoms with Gasteiger partial charge in [0.2, 0.25) is 10.0 Å². The van der Waals surface area contributed by atoms with Crippen LogP contribution < -0.4 is 4.72 Å². The highest BCUT2D eigenvalue weighted by molar-refractivity contribution is 14.1. The summed E-state index contributed by atoms with van der Waals surface area (Å²) in [6, 6.07) is 8.56. The molecule has 0 saturated heterocycles. The second-order valence-corrected chi connectivity index (χ2v) is 11.2. The number of hydrogen-bond donors (Lipinski definition) is 2. The number of aliphatic hydroxyl groups is 1. The Morgan fingerprint density at radius 1 is 1.29 bits per heavy atom. The molecule has 148 valence electrons. The van der Waals surface area contributed by atoms with Crippen molar-refractivity contribution in [3.8, 4) is 0 Å². The molecule has 0 aliphatic heterocycles. The minimum absolute atomic E-state index is 0.172. The fourth-order valence-corrected chi connectivity index (χ4v) is 6.22. The van der Waals surface area contributed by atoms with E-state index >= 15 is 0 Å². The van der Waals surface area contributed by atoms with E-state index in [4.69, 9.17) is 0 Å². The third-order valence-corrected chi connectivity index (χ3v) is 8.90. The molecular weight excluding hydrogens is 514 g/mol. The minimum Gasteiger partial charge on any atom is -0.396 e. The summed E-state index contributed by atoms with van der Waals surface area (Å²) < 4.78 is 48.1. The second kappa shape index (κ2) is 7.51. The molecule has 0 bridgehead atoms. The molecule has 1 fully saturated rings. The normalized spacial score (nSPS) is 15.7. The highest BCUT2D eigenvalue weighted by Crippen LogP contribution is 2.47. The summed E-state index contributed by atoms with van der Waals surface area (Å²) in [5.74, 6) is -0.320. The Balaban J connectivity index is 1.76. The molecule has 1 aliphatic carbocycles. The number of aliphatic hydroxyl groups excluding tert-OH is 1. The molecule has 1 heterocycles. The molecule has 3 aromatic rings. The molecule has 9 heteroatoms. The van der Waals surface area contributed by atoms with E-state index in [1.54, 1.807) is 18.3 Å². The van der Waals surface area contributed by atoms with Crippen LogP contribution in [-0.2, 0) is 16.4 Å². The monoisotopic (exact) mass is 532 g/mol. The molecule has 2 aromatic carbocycles. The lowest BCUT2D eigenvalue weighted by Gasteiger charge is -2.19. The van der Waals surface area contributed by atoms with Gasteiger partial charge in [-0.05, 0) is 88.8 Å². The van der Waals surface area contributed by atoms with E-state index in [0.717, 1.165) is 13.7 Å². The van der Waals surface area contributed by atoms with Crippen molar-refractivity contribution in [3.63, 3.8) is 0 Å². The van der Waals surface area contributed by atoms with E-state index in [0.29, 0.717) is 29.7 Å². The maximum absolute atomic E-state index is 14.4. The number of fused-ring (bicyclic) bond motifs is 1. The molecule has 1 aromatic heterocycles. The van der Waals surface area contributed by atoms with Crippen molar-refractivity contribution in [2.45, 2.75) is 30.4 Å². The van der Waals surface area contributed by atoms with Crippen molar-refractivity contribution in [3.05, 3.63) is 57.0 Å². The van der Waals surface area contributed by atoms with E-state index < -0.39 is 14.8 Å². The number of aromatic nitrogens is 1. The van der Waals surface area contributed by atoms with Crippen LogP contribution in [0.3, 0.4) is 0 Å². The van der Waals surface area contributed by atoms with Crippen LogP contribution in [0.15, 0.2) is 36.5 Å². The number of anilines is 1. The lowest BCUT2D eigenvalue weighted by atomic mass is 10.00. The first-order valence-corrected chi connectivity index (χ1v) is 12.1. The molecule has 0 amide bonds. The molecule has 4 rings (SSSR count). The first-order valence-electron chi connectivity index (χ1n) is 8.79. The summed E-state index contributed by atoms with van der Waals surface area (Å²) in [4.78, 5) is 0. The van der Waals surface area contributed by atoms with Crippen LogP contribution in [0.5, 0.6) is 0 Å². The average molecular weight is 532 g/mol. The van der Waals surface area contributed by atoms with Crippen LogP contribution >= 0.6 is 34.1 Å². The minimum atomic E-state index is -3.67. The summed E-state index contributed by atoms with van der Waals surface area (Å²) in [5.41, 5.74) is 1.64. The van der Waals surface area contributed by atoms with Gasteiger partial charge in [-0.3, -0.25) is 4.72 Å². The molecule has 2 N–H and O–H groups in total. The number of hydrogen-bond acceptors (Lipinski definition) is 5. The third kappa shape index (κ3) is 3.64. The molecule has 0 atom stereocenters. The van der Waals surface area contributed by atoms with Crippen LogP contribution in [0.1, 0.15) is 30.4 Å². The molecule has 0 spiro atoms.